The summed E-state index contributed by atoms with van der Waals surface area (Å²) in [5.41, 5.74) is 7.97. The fourth-order valence-electron chi connectivity index (χ4n) is 2.82. The molecule has 1 fully saturated rings. The van der Waals surface area contributed by atoms with Gasteiger partial charge in [0.15, 0.2) is 0 Å². The number of nitrogens with two attached hydrogens (primary N) is 1. The van der Waals surface area contributed by atoms with Crippen LogP contribution in [0.25, 0.3) is 0 Å². The van der Waals surface area contributed by atoms with E-state index in [0.29, 0.717) is 17.1 Å². The zero-order valence-corrected chi connectivity index (χ0v) is 12.0. The van der Waals surface area contributed by atoms with Gasteiger partial charge in [-0.15, -0.1) is 0 Å². The van der Waals surface area contributed by atoms with Gasteiger partial charge in [-0.05, 0) is 38.3 Å². The maximum absolute atomic E-state index is 5.69. The number of piperidine rings is 1. The maximum Gasteiger partial charge on any atom is 0.103 e. The molecule has 0 aromatic heterocycles. The zero-order chi connectivity index (χ0) is 13.1. The molecule has 1 aliphatic heterocycles. The highest BCUT2D eigenvalue weighted by molar-refractivity contribution is 7.80. The highest BCUT2D eigenvalue weighted by Gasteiger charge is 2.24. The lowest BCUT2D eigenvalue weighted by atomic mass is 9.96. The minimum absolute atomic E-state index is 0.483. The van der Waals surface area contributed by atoms with Gasteiger partial charge in [-0.1, -0.05) is 36.8 Å². The van der Waals surface area contributed by atoms with Crippen LogP contribution in [0.15, 0.2) is 24.3 Å². The lowest BCUT2D eigenvalue weighted by molar-refractivity contribution is 0.0953. The molecule has 1 saturated heterocycles. The van der Waals surface area contributed by atoms with E-state index in [4.69, 9.17) is 18.0 Å². The fourth-order valence-corrected chi connectivity index (χ4v) is 2.95. The molecule has 1 aliphatic rings. The molecule has 0 saturated carbocycles. The summed E-state index contributed by atoms with van der Waals surface area (Å²) in [6.07, 6.45) is 3.96. The van der Waals surface area contributed by atoms with Crippen molar-refractivity contribution in [2.24, 2.45) is 5.73 Å². The van der Waals surface area contributed by atoms with Gasteiger partial charge in [-0.2, -0.15) is 0 Å². The second-order valence-corrected chi connectivity index (χ2v) is 5.81. The molecule has 2 unspecified atom stereocenters. The summed E-state index contributed by atoms with van der Waals surface area (Å²) in [4.78, 5) is 3.07. The molecular weight excluding hydrogens is 240 g/mol. The molecule has 2 atom stereocenters. The maximum atomic E-state index is 5.69. The van der Waals surface area contributed by atoms with Crippen molar-refractivity contribution in [2.75, 3.05) is 0 Å². The van der Waals surface area contributed by atoms with E-state index in [-0.39, 0.29) is 0 Å². The largest absolute Gasteiger partial charge is 0.389 e. The molecule has 2 nitrogen and oxygen atoms in total. The van der Waals surface area contributed by atoms with Crippen molar-refractivity contribution < 1.29 is 0 Å². The van der Waals surface area contributed by atoms with Crippen LogP contribution in [0.2, 0.25) is 0 Å². The standard InChI is InChI=1S/C15H22N2S/c1-11-5-3-6-12(2)17(11)10-13-7-4-8-14(9-13)15(16)18/h4,7-9,11-12H,3,5-6,10H2,1-2H3,(H2,16,18). The quantitative estimate of drug-likeness (QED) is 0.849. The smallest absolute Gasteiger partial charge is 0.103 e. The van der Waals surface area contributed by atoms with Gasteiger partial charge in [-0.25, -0.2) is 0 Å². The summed E-state index contributed by atoms with van der Waals surface area (Å²) in [5.74, 6) is 0. The zero-order valence-electron chi connectivity index (χ0n) is 11.2. The number of hydrogen-bond donors (Lipinski definition) is 1. The lowest BCUT2D eigenvalue weighted by Crippen LogP contribution is -2.42. The molecule has 2 N–H and O–H groups in total. The minimum atomic E-state index is 0.483. The van der Waals surface area contributed by atoms with Crippen LogP contribution in [0, 0.1) is 0 Å². The summed E-state index contributed by atoms with van der Waals surface area (Å²) >= 11 is 5.04. The van der Waals surface area contributed by atoms with Crippen LogP contribution in [0.5, 0.6) is 0 Å². The molecule has 1 aromatic rings. The number of nitrogens with zero attached hydrogens (tertiary/aromatic N) is 1. The Kier molecular flexibility index (Phi) is 4.36. The van der Waals surface area contributed by atoms with Gasteiger partial charge in [0.05, 0.1) is 0 Å². The third-order valence-corrected chi connectivity index (χ3v) is 4.19. The van der Waals surface area contributed by atoms with Gasteiger partial charge in [-0.3, -0.25) is 4.90 Å². The Labute approximate surface area is 115 Å². The van der Waals surface area contributed by atoms with E-state index < -0.39 is 0 Å². The molecule has 0 aliphatic carbocycles. The number of thiocarbonyl (C=S) groups is 1. The first kappa shape index (κ1) is 13.5. The van der Waals surface area contributed by atoms with Crippen LogP contribution in [0.4, 0.5) is 0 Å². The summed E-state index contributed by atoms with van der Waals surface area (Å²) in [7, 11) is 0. The van der Waals surface area contributed by atoms with Crippen LogP contribution >= 0.6 is 12.2 Å². The van der Waals surface area contributed by atoms with E-state index >= 15 is 0 Å². The van der Waals surface area contributed by atoms with Gasteiger partial charge >= 0.3 is 0 Å². The number of likely N-dealkylation sites (tertiary alicyclic amines) is 1. The van der Waals surface area contributed by atoms with Crippen LogP contribution in [-0.4, -0.2) is 22.0 Å². The second kappa shape index (κ2) is 5.81. The summed E-state index contributed by atoms with van der Waals surface area (Å²) in [5, 5.41) is 0. The van der Waals surface area contributed by atoms with E-state index in [0.717, 1.165) is 12.1 Å². The van der Waals surface area contributed by atoms with Crippen molar-refractivity contribution in [3.05, 3.63) is 35.4 Å². The predicted molar refractivity (Wildman–Crippen MR) is 80.6 cm³/mol. The van der Waals surface area contributed by atoms with Gasteiger partial charge in [0.25, 0.3) is 0 Å². The molecule has 0 amide bonds. The van der Waals surface area contributed by atoms with Crippen LogP contribution < -0.4 is 5.73 Å². The lowest BCUT2D eigenvalue weighted by Gasteiger charge is -2.39. The van der Waals surface area contributed by atoms with Crippen LogP contribution in [0.1, 0.15) is 44.2 Å². The molecule has 3 heteroatoms. The molecule has 0 bridgehead atoms. The monoisotopic (exact) mass is 262 g/mol. The Balaban J connectivity index is 2.12. The molecule has 1 aromatic carbocycles. The minimum Gasteiger partial charge on any atom is -0.389 e. The number of benzene rings is 1. The van der Waals surface area contributed by atoms with E-state index in [1.807, 2.05) is 12.1 Å². The Morgan fingerprint density at radius 3 is 2.61 bits per heavy atom. The average Bonchev–Trinajstić information content (AvgIpc) is 2.34. The third-order valence-electron chi connectivity index (χ3n) is 3.95. The molecule has 18 heavy (non-hydrogen) atoms. The van der Waals surface area contributed by atoms with E-state index in [1.54, 1.807) is 0 Å². The Bertz CT molecular complexity index is 420. The van der Waals surface area contributed by atoms with Crippen molar-refractivity contribution in [3.8, 4) is 0 Å². The van der Waals surface area contributed by atoms with E-state index in [2.05, 4.69) is 30.9 Å². The molecule has 0 spiro atoms. The highest BCUT2D eigenvalue weighted by Crippen LogP contribution is 2.24. The summed E-state index contributed by atoms with van der Waals surface area (Å²) in [6, 6.07) is 9.65. The third kappa shape index (κ3) is 3.09. The molecule has 98 valence electrons. The van der Waals surface area contributed by atoms with E-state index in [1.165, 1.54) is 24.8 Å². The molecule has 1 heterocycles. The van der Waals surface area contributed by atoms with Gasteiger partial charge in [0.2, 0.25) is 0 Å². The van der Waals surface area contributed by atoms with Crippen molar-refractivity contribution in [1.82, 2.24) is 4.90 Å². The molecule has 2 rings (SSSR count). The molecular formula is C15H22N2S. The summed E-state index contributed by atoms with van der Waals surface area (Å²) in [6.45, 7) is 5.65. The normalized spacial score (nSPS) is 25.0. The van der Waals surface area contributed by atoms with Crippen molar-refractivity contribution in [2.45, 2.75) is 51.7 Å². The van der Waals surface area contributed by atoms with Crippen molar-refractivity contribution in [3.63, 3.8) is 0 Å². The SMILES string of the molecule is CC1CCCC(C)N1Cc1cccc(C(N)=S)c1. The first-order chi connectivity index (χ1) is 8.58. The predicted octanol–water partition coefficient (Wildman–Crippen LogP) is 3.08. The van der Waals surface area contributed by atoms with Crippen LogP contribution in [-0.2, 0) is 6.54 Å². The van der Waals surface area contributed by atoms with Crippen LogP contribution in [0.3, 0.4) is 0 Å². The highest BCUT2D eigenvalue weighted by atomic mass is 32.1. The van der Waals surface area contributed by atoms with Gasteiger partial charge < -0.3 is 5.73 Å². The Morgan fingerprint density at radius 1 is 1.33 bits per heavy atom. The second-order valence-electron chi connectivity index (χ2n) is 5.37. The Hall–Kier alpha value is -0.930. The van der Waals surface area contributed by atoms with E-state index in [9.17, 15) is 0 Å². The summed E-state index contributed by atoms with van der Waals surface area (Å²) < 4.78 is 0. The first-order valence-electron chi connectivity index (χ1n) is 6.72. The number of rotatable bonds is 3. The fraction of sp³-hybridized carbons (Fsp3) is 0.533. The molecule has 0 radical (unpaired) electrons. The topological polar surface area (TPSA) is 29.3 Å². The Morgan fingerprint density at radius 2 is 2.00 bits per heavy atom. The average molecular weight is 262 g/mol. The van der Waals surface area contributed by atoms with Crippen molar-refractivity contribution in [1.29, 1.82) is 0 Å². The van der Waals surface area contributed by atoms with Crippen molar-refractivity contribution >= 4 is 17.2 Å². The van der Waals surface area contributed by atoms with Gasteiger partial charge in [0.1, 0.15) is 4.99 Å². The number of hydrogen-bond acceptors (Lipinski definition) is 2. The first-order valence-corrected chi connectivity index (χ1v) is 7.13. The van der Waals surface area contributed by atoms with Gasteiger partial charge in [0, 0.05) is 24.2 Å².